The van der Waals surface area contributed by atoms with Crippen molar-refractivity contribution in [1.29, 1.82) is 0 Å². The number of hydrogen-bond acceptors (Lipinski definition) is 5. The molecule has 1 fully saturated rings. The molecule has 0 spiro atoms. The highest BCUT2D eigenvalue weighted by molar-refractivity contribution is 5.74. The van der Waals surface area contributed by atoms with Crippen LogP contribution in [0.4, 0.5) is 0 Å². The zero-order valence-corrected chi connectivity index (χ0v) is 9.35. The SMILES string of the molecule is CCCCOC(=O)C1CC(CO)([N+](=O)[O-])C1. The number of carbonyl (C=O) groups is 1. The summed E-state index contributed by atoms with van der Waals surface area (Å²) in [5, 5.41) is 19.6. The van der Waals surface area contributed by atoms with E-state index in [2.05, 4.69) is 0 Å². The molecule has 92 valence electrons. The lowest BCUT2D eigenvalue weighted by molar-refractivity contribution is -0.593. The third-order valence-corrected chi connectivity index (χ3v) is 3.01. The number of aliphatic hydroxyl groups excluding tert-OH is 1. The lowest BCUT2D eigenvalue weighted by Crippen LogP contribution is -2.55. The average Bonchev–Trinajstić information content (AvgIpc) is 2.16. The number of nitro groups is 1. The minimum atomic E-state index is -1.31. The average molecular weight is 231 g/mol. The van der Waals surface area contributed by atoms with Crippen molar-refractivity contribution in [2.45, 2.75) is 38.1 Å². The van der Waals surface area contributed by atoms with Gasteiger partial charge in [0.05, 0.1) is 12.5 Å². The molecule has 0 bridgehead atoms. The van der Waals surface area contributed by atoms with Gasteiger partial charge in [0, 0.05) is 17.8 Å². The molecule has 6 heteroatoms. The summed E-state index contributed by atoms with van der Waals surface area (Å²) >= 11 is 0. The number of unbranched alkanes of at least 4 members (excludes halogenated alkanes) is 1. The molecule has 0 unspecified atom stereocenters. The van der Waals surface area contributed by atoms with Crippen LogP contribution >= 0.6 is 0 Å². The standard InChI is InChI=1S/C10H17NO5/c1-2-3-4-16-9(13)8-5-10(6-8,7-12)11(14)15/h8,12H,2-7H2,1H3. The van der Waals surface area contributed by atoms with Crippen molar-refractivity contribution in [2.24, 2.45) is 5.92 Å². The highest BCUT2D eigenvalue weighted by Crippen LogP contribution is 2.40. The fourth-order valence-electron chi connectivity index (χ4n) is 1.80. The van der Waals surface area contributed by atoms with Crippen LogP contribution in [-0.4, -0.2) is 34.8 Å². The van der Waals surface area contributed by atoms with E-state index in [9.17, 15) is 14.9 Å². The van der Waals surface area contributed by atoms with Crippen LogP contribution in [-0.2, 0) is 9.53 Å². The second-order valence-electron chi connectivity index (χ2n) is 4.27. The first-order valence-electron chi connectivity index (χ1n) is 5.47. The summed E-state index contributed by atoms with van der Waals surface area (Å²) < 4.78 is 4.96. The van der Waals surface area contributed by atoms with E-state index in [0.717, 1.165) is 12.8 Å². The minimum absolute atomic E-state index is 0.0848. The van der Waals surface area contributed by atoms with Crippen LogP contribution in [0.1, 0.15) is 32.6 Å². The maximum Gasteiger partial charge on any atom is 0.309 e. The molecule has 0 atom stereocenters. The smallest absolute Gasteiger partial charge is 0.309 e. The van der Waals surface area contributed by atoms with Gasteiger partial charge in [-0.2, -0.15) is 0 Å². The fraction of sp³-hybridized carbons (Fsp3) is 0.900. The molecule has 0 aromatic carbocycles. The van der Waals surface area contributed by atoms with Crippen LogP contribution in [0.25, 0.3) is 0 Å². The number of ether oxygens (including phenoxy) is 1. The lowest BCUT2D eigenvalue weighted by Gasteiger charge is -2.37. The highest BCUT2D eigenvalue weighted by Gasteiger charge is 2.57. The van der Waals surface area contributed by atoms with Gasteiger partial charge >= 0.3 is 5.97 Å². The van der Waals surface area contributed by atoms with E-state index in [0.29, 0.717) is 6.61 Å². The van der Waals surface area contributed by atoms with Crippen LogP contribution in [0.5, 0.6) is 0 Å². The third-order valence-electron chi connectivity index (χ3n) is 3.01. The van der Waals surface area contributed by atoms with Crippen molar-refractivity contribution in [3.05, 3.63) is 10.1 Å². The summed E-state index contributed by atoms with van der Waals surface area (Å²) in [4.78, 5) is 21.6. The summed E-state index contributed by atoms with van der Waals surface area (Å²) in [5.74, 6) is -0.797. The van der Waals surface area contributed by atoms with Crippen molar-refractivity contribution < 1.29 is 19.6 Å². The van der Waals surface area contributed by atoms with Gasteiger partial charge in [-0.15, -0.1) is 0 Å². The van der Waals surface area contributed by atoms with Gasteiger partial charge in [0.1, 0.15) is 6.61 Å². The number of nitrogens with zero attached hydrogens (tertiary/aromatic N) is 1. The molecule has 6 nitrogen and oxygen atoms in total. The zero-order chi connectivity index (χ0) is 12.2. The number of carbonyl (C=O) groups excluding carboxylic acids is 1. The maximum absolute atomic E-state index is 11.4. The largest absolute Gasteiger partial charge is 0.465 e. The van der Waals surface area contributed by atoms with E-state index in [4.69, 9.17) is 9.84 Å². The molecule has 0 saturated heterocycles. The topological polar surface area (TPSA) is 89.7 Å². The van der Waals surface area contributed by atoms with Gasteiger partial charge in [0.2, 0.25) is 5.54 Å². The Morgan fingerprint density at radius 2 is 2.25 bits per heavy atom. The van der Waals surface area contributed by atoms with Crippen LogP contribution in [0.2, 0.25) is 0 Å². The summed E-state index contributed by atoms with van der Waals surface area (Å²) in [6.45, 7) is 1.84. The van der Waals surface area contributed by atoms with E-state index >= 15 is 0 Å². The lowest BCUT2D eigenvalue weighted by atomic mass is 9.69. The Kier molecular flexibility index (Phi) is 4.23. The van der Waals surface area contributed by atoms with Crippen LogP contribution in [0.15, 0.2) is 0 Å². The molecule has 0 heterocycles. The van der Waals surface area contributed by atoms with Crippen LogP contribution in [0, 0.1) is 16.0 Å². The van der Waals surface area contributed by atoms with Crippen molar-refractivity contribution >= 4 is 5.97 Å². The molecule has 0 radical (unpaired) electrons. The number of esters is 1. The Morgan fingerprint density at radius 3 is 2.69 bits per heavy atom. The Balaban J connectivity index is 2.34. The molecule has 1 N–H and O–H groups in total. The van der Waals surface area contributed by atoms with Crippen molar-refractivity contribution in [3.8, 4) is 0 Å². The van der Waals surface area contributed by atoms with Crippen LogP contribution < -0.4 is 0 Å². The van der Waals surface area contributed by atoms with Gasteiger partial charge in [0.25, 0.3) is 0 Å². The number of hydrogen-bond donors (Lipinski definition) is 1. The summed E-state index contributed by atoms with van der Waals surface area (Å²) in [6, 6.07) is 0. The Bertz CT molecular complexity index is 272. The predicted molar refractivity (Wildman–Crippen MR) is 55.4 cm³/mol. The molecular weight excluding hydrogens is 214 g/mol. The molecular formula is C10H17NO5. The first kappa shape index (κ1) is 12.9. The minimum Gasteiger partial charge on any atom is -0.465 e. The normalized spacial score (nSPS) is 28.2. The Labute approximate surface area is 93.7 Å². The Morgan fingerprint density at radius 1 is 1.62 bits per heavy atom. The second-order valence-corrected chi connectivity index (χ2v) is 4.27. The molecule has 1 aliphatic carbocycles. The maximum atomic E-state index is 11.4. The molecule has 1 rings (SSSR count). The summed E-state index contributed by atoms with van der Waals surface area (Å²) in [5.41, 5.74) is -1.31. The van der Waals surface area contributed by atoms with Crippen molar-refractivity contribution in [2.75, 3.05) is 13.2 Å². The fourth-order valence-corrected chi connectivity index (χ4v) is 1.80. The van der Waals surface area contributed by atoms with E-state index in [1.54, 1.807) is 0 Å². The molecule has 1 aliphatic rings. The molecule has 1 saturated carbocycles. The molecule has 0 aromatic heterocycles. The van der Waals surface area contributed by atoms with Gasteiger partial charge < -0.3 is 9.84 Å². The molecule has 16 heavy (non-hydrogen) atoms. The second kappa shape index (κ2) is 5.25. The molecule has 0 aromatic rings. The van der Waals surface area contributed by atoms with Gasteiger partial charge in [-0.1, -0.05) is 13.3 Å². The van der Waals surface area contributed by atoms with E-state index < -0.39 is 23.0 Å². The van der Waals surface area contributed by atoms with E-state index in [-0.39, 0.29) is 18.8 Å². The number of rotatable bonds is 6. The first-order chi connectivity index (χ1) is 7.55. The molecule has 0 amide bonds. The number of aliphatic hydroxyl groups is 1. The van der Waals surface area contributed by atoms with Gasteiger partial charge in [-0.05, 0) is 6.42 Å². The summed E-state index contributed by atoms with van der Waals surface area (Å²) in [6.07, 6.45) is 1.91. The Hall–Kier alpha value is -1.17. The zero-order valence-electron chi connectivity index (χ0n) is 9.35. The summed E-state index contributed by atoms with van der Waals surface area (Å²) in [7, 11) is 0. The quantitative estimate of drug-likeness (QED) is 0.315. The van der Waals surface area contributed by atoms with Crippen molar-refractivity contribution in [1.82, 2.24) is 0 Å². The van der Waals surface area contributed by atoms with Gasteiger partial charge in [-0.3, -0.25) is 14.9 Å². The third kappa shape index (κ3) is 2.49. The monoisotopic (exact) mass is 231 g/mol. The predicted octanol–water partition coefficient (Wildman–Crippen LogP) is 0.748. The van der Waals surface area contributed by atoms with E-state index in [1.807, 2.05) is 6.92 Å². The first-order valence-corrected chi connectivity index (χ1v) is 5.47. The van der Waals surface area contributed by atoms with Crippen molar-refractivity contribution in [3.63, 3.8) is 0 Å². The van der Waals surface area contributed by atoms with Gasteiger partial charge in [-0.25, -0.2) is 0 Å². The molecule has 0 aliphatic heterocycles. The van der Waals surface area contributed by atoms with Crippen LogP contribution in [0.3, 0.4) is 0 Å². The van der Waals surface area contributed by atoms with E-state index in [1.165, 1.54) is 0 Å². The highest BCUT2D eigenvalue weighted by atomic mass is 16.6. The van der Waals surface area contributed by atoms with Gasteiger partial charge in [0.15, 0.2) is 0 Å².